The molecule has 98 valence electrons. The number of carbonyl (C=O) groups is 1. The molecule has 1 aromatic carbocycles. The first-order valence-electron chi connectivity index (χ1n) is 6.61. The number of aryl methyl sites for hydroxylation is 1. The number of halogens is 1. The summed E-state index contributed by atoms with van der Waals surface area (Å²) in [5.41, 5.74) is 2.47. The lowest BCUT2D eigenvalue weighted by atomic mass is 10.1. The lowest BCUT2D eigenvalue weighted by Gasteiger charge is -2.22. The van der Waals surface area contributed by atoms with Gasteiger partial charge in [0.15, 0.2) is 0 Å². The number of rotatable bonds is 6. The van der Waals surface area contributed by atoms with E-state index in [1.54, 1.807) is 0 Å². The van der Waals surface area contributed by atoms with Crippen molar-refractivity contribution in [1.29, 1.82) is 0 Å². The fourth-order valence-electron chi connectivity index (χ4n) is 2.18. The molecule has 0 radical (unpaired) electrons. The number of hydrogen-bond donors (Lipinski definition) is 0. The van der Waals surface area contributed by atoms with Crippen molar-refractivity contribution in [3.8, 4) is 0 Å². The average Bonchev–Trinajstić information content (AvgIpc) is 3.17. The Morgan fingerprint density at radius 3 is 2.83 bits per heavy atom. The quantitative estimate of drug-likeness (QED) is 0.721. The Kier molecular flexibility index (Phi) is 4.65. The maximum atomic E-state index is 12.1. The van der Waals surface area contributed by atoms with E-state index in [1.165, 1.54) is 11.1 Å². The summed E-state index contributed by atoms with van der Waals surface area (Å²) in [6.07, 6.45) is 3.65. The standard InChI is InChI=1S/C15H20ClNO/c1-12-4-2-5-13(10-12)11-17(14-7-8-14)15(18)6-3-9-16/h2,4-5,10,14H,3,6-9,11H2,1H3. The third-order valence-electron chi connectivity index (χ3n) is 3.27. The zero-order valence-corrected chi connectivity index (χ0v) is 11.6. The predicted octanol–water partition coefficient (Wildman–Crippen LogP) is 3.51. The summed E-state index contributed by atoms with van der Waals surface area (Å²) in [6.45, 7) is 2.83. The van der Waals surface area contributed by atoms with E-state index < -0.39 is 0 Å². The van der Waals surface area contributed by atoms with Crippen LogP contribution in [0.3, 0.4) is 0 Å². The molecular weight excluding hydrogens is 246 g/mol. The van der Waals surface area contributed by atoms with Crippen LogP contribution in [-0.4, -0.2) is 22.7 Å². The Morgan fingerprint density at radius 2 is 2.22 bits per heavy atom. The summed E-state index contributed by atoms with van der Waals surface area (Å²) in [6, 6.07) is 8.86. The van der Waals surface area contributed by atoms with Crippen LogP contribution in [0.2, 0.25) is 0 Å². The summed E-state index contributed by atoms with van der Waals surface area (Å²) in [7, 11) is 0. The summed E-state index contributed by atoms with van der Waals surface area (Å²) < 4.78 is 0. The van der Waals surface area contributed by atoms with E-state index in [-0.39, 0.29) is 5.91 Å². The van der Waals surface area contributed by atoms with Crippen molar-refractivity contribution in [2.24, 2.45) is 0 Å². The van der Waals surface area contributed by atoms with E-state index in [9.17, 15) is 4.79 Å². The van der Waals surface area contributed by atoms with Crippen LogP contribution in [0.25, 0.3) is 0 Å². The number of carbonyl (C=O) groups excluding carboxylic acids is 1. The first kappa shape index (κ1) is 13.4. The van der Waals surface area contributed by atoms with E-state index in [0.29, 0.717) is 18.3 Å². The fourth-order valence-corrected chi connectivity index (χ4v) is 2.31. The van der Waals surface area contributed by atoms with Crippen molar-refractivity contribution in [3.63, 3.8) is 0 Å². The maximum Gasteiger partial charge on any atom is 0.223 e. The van der Waals surface area contributed by atoms with Crippen LogP contribution in [0.4, 0.5) is 0 Å². The highest BCUT2D eigenvalue weighted by Crippen LogP contribution is 2.29. The molecule has 1 amide bonds. The zero-order valence-electron chi connectivity index (χ0n) is 10.9. The van der Waals surface area contributed by atoms with Crippen LogP contribution in [0.1, 0.15) is 36.8 Å². The van der Waals surface area contributed by atoms with Crippen molar-refractivity contribution in [2.75, 3.05) is 5.88 Å². The fraction of sp³-hybridized carbons (Fsp3) is 0.533. The second-order valence-electron chi connectivity index (χ2n) is 5.03. The number of amides is 1. The third-order valence-corrected chi connectivity index (χ3v) is 3.53. The van der Waals surface area contributed by atoms with Crippen molar-refractivity contribution in [2.45, 2.75) is 45.2 Å². The lowest BCUT2D eigenvalue weighted by Crippen LogP contribution is -2.32. The molecule has 0 N–H and O–H groups in total. The van der Waals surface area contributed by atoms with Crippen LogP contribution in [0.15, 0.2) is 24.3 Å². The van der Waals surface area contributed by atoms with Gasteiger partial charge < -0.3 is 4.90 Å². The van der Waals surface area contributed by atoms with Gasteiger partial charge in [-0.1, -0.05) is 29.8 Å². The molecule has 0 heterocycles. The molecule has 0 saturated heterocycles. The molecule has 2 rings (SSSR count). The summed E-state index contributed by atoms with van der Waals surface area (Å²) in [5, 5.41) is 0. The smallest absolute Gasteiger partial charge is 0.223 e. The SMILES string of the molecule is Cc1cccc(CN(C(=O)CCCCl)C2CC2)c1. The van der Waals surface area contributed by atoms with Crippen molar-refractivity contribution < 1.29 is 4.79 Å². The summed E-state index contributed by atoms with van der Waals surface area (Å²) in [5.74, 6) is 0.814. The van der Waals surface area contributed by atoms with Crippen molar-refractivity contribution in [3.05, 3.63) is 35.4 Å². The minimum atomic E-state index is 0.250. The zero-order chi connectivity index (χ0) is 13.0. The Bertz CT molecular complexity index is 415. The van der Waals surface area contributed by atoms with Gasteiger partial charge >= 0.3 is 0 Å². The van der Waals surface area contributed by atoms with Gasteiger partial charge in [0.1, 0.15) is 0 Å². The topological polar surface area (TPSA) is 20.3 Å². The lowest BCUT2D eigenvalue weighted by molar-refractivity contribution is -0.132. The Hall–Kier alpha value is -1.02. The van der Waals surface area contributed by atoms with Crippen LogP contribution in [-0.2, 0) is 11.3 Å². The van der Waals surface area contributed by atoms with E-state index in [4.69, 9.17) is 11.6 Å². The van der Waals surface area contributed by atoms with Gasteiger partial charge in [-0.3, -0.25) is 4.79 Å². The Balaban J connectivity index is 2.00. The highest BCUT2D eigenvalue weighted by Gasteiger charge is 2.31. The van der Waals surface area contributed by atoms with E-state index in [2.05, 4.69) is 31.2 Å². The largest absolute Gasteiger partial charge is 0.335 e. The molecule has 1 fully saturated rings. The van der Waals surface area contributed by atoms with Crippen LogP contribution < -0.4 is 0 Å². The second kappa shape index (κ2) is 6.24. The van der Waals surface area contributed by atoms with Crippen molar-refractivity contribution in [1.82, 2.24) is 4.90 Å². The van der Waals surface area contributed by atoms with Gasteiger partial charge in [0.25, 0.3) is 0 Å². The van der Waals surface area contributed by atoms with Gasteiger partial charge in [-0.25, -0.2) is 0 Å². The minimum Gasteiger partial charge on any atom is -0.335 e. The number of hydrogen-bond acceptors (Lipinski definition) is 1. The van der Waals surface area contributed by atoms with E-state index >= 15 is 0 Å². The molecule has 1 aliphatic rings. The molecule has 0 aromatic heterocycles. The van der Waals surface area contributed by atoms with Gasteiger partial charge in [-0.15, -0.1) is 11.6 Å². The molecular formula is C15H20ClNO. The van der Waals surface area contributed by atoms with Crippen LogP contribution in [0, 0.1) is 6.92 Å². The van der Waals surface area contributed by atoms with E-state index in [1.807, 2.05) is 4.90 Å². The van der Waals surface area contributed by atoms with Gasteiger partial charge in [0.05, 0.1) is 0 Å². The number of alkyl halides is 1. The molecule has 1 saturated carbocycles. The molecule has 0 aliphatic heterocycles. The van der Waals surface area contributed by atoms with Crippen LogP contribution >= 0.6 is 11.6 Å². The van der Waals surface area contributed by atoms with E-state index in [0.717, 1.165) is 25.8 Å². The molecule has 0 bridgehead atoms. The molecule has 1 aromatic rings. The average molecular weight is 266 g/mol. The molecule has 2 nitrogen and oxygen atoms in total. The molecule has 0 atom stereocenters. The van der Waals surface area contributed by atoms with Gasteiger partial charge in [-0.05, 0) is 31.7 Å². The Morgan fingerprint density at radius 1 is 1.44 bits per heavy atom. The summed E-state index contributed by atoms with van der Waals surface area (Å²) in [4.78, 5) is 14.2. The highest BCUT2D eigenvalue weighted by molar-refractivity contribution is 6.17. The predicted molar refractivity (Wildman–Crippen MR) is 74.7 cm³/mol. The molecule has 1 aliphatic carbocycles. The maximum absolute atomic E-state index is 12.1. The van der Waals surface area contributed by atoms with Crippen molar-refractivity contribution >= 4 is 17.5 Å². The van der Waals surface area contributed by atoms with Gasteiger partial charge in [0.2, 0.25) is 5.91 Å². The summed E-state index contributed by atoms with van der Waals surface area (Å²) >= 11 is 5.66. The minimum absolute atomic E-state index is 0.250. The first-order chi connectivity index (χ1) is 8.70. The van der Waals surface area contributed by atoms with Gasteiger partial charge in [-0.2, -0.15) is 0 Å². The highest BCUT2D eigenvalue weighted by atomic mass is 35.5. The first-order valence-corrected chi connectivity index (χ1v) is 7.15. The second-order valence-corrected chi connectivity index (χ2v) is 5.41. The normalized spacial score (nSPS) is 14.6. The number of benzene rings is 1. The molecule has 18 heavy (non-hydrogen) atoms. The van der Waals surface area contributed by atoms with Crippen LogP contribution in [0.5, 0.6) is 0 Å². The van der Waals surface area contributed by atoms with Gasteiger partial charge in [0, 0.05) is 24.9 Å². The number of nitrogens with zero attached hydrogens (tertiary/aromatic N) is 1. The third kappa shape index (κ3) is 3.74. The Labute approximate surface area is 114 Å². The molecule has 0 unspecified atom stereocenters. The molecule has 0 spiro atoms. The molecule has 3 heteroatoms. The monoisotopic (exact) mass is 265 g/mol.